The number of carbonyl (C=O) groups excluding carboxylic acids is 2. The highest BCUT2D eigenvalue weighted by Crippen LogP contribution is 2.19. The number of H-pyrrole nitrogens is 1. The van der Waals surface area contributed by atoms with Gasteiger partial charge in [-0.1, -0.05) is 36.4 Å². The Morgan fingerprint density at radius 2 is 1.71 bits per heavy atom. The van der Waals surface area contributed by atoms with Gasteiger partial charge >= 0.3 is 0 Å². The van der Waals surface area contributed by atoms with Crippen LogP contribution in [0.2, 0.25) is 0 Å². The maximum Gasteiger partial charge on any atom is 0.253 e. The summed E-state index contributed by atoms with van der Waals surface area (Å²) in [6, 6.07) is 19.6. The molecule has 1 fully saturated rings. The smallest absolute Gasteiger partial charge is 0.253 e. The number of nitrogens with zero attached hydrogens (tertiary/aromatic N) is 1. The molecule has 0 spiro atoms. The number of aromatic nitrogens is 1. The first kappa shape index (κ1) is 18.3. The minimum atomic E-state index is -0.0115. The van der Waals surface area contributed by atoms with E-state index in [1.54, 1.807) is 0 Å². The molecule has 0 atom stereocenters. The van der Waals surface area contributed by atoms with E-state index < -0.39 is 0 Å². The van der Waals surface area contributed by atoms with Crippen molar-refractivity contribution in [1.82, 2.24) is 15.2 Å². The fourth-order valence-electron chi connectivity index (χ4n) is 3.84. The summed E-state index contributed by atoms with van der Waals surface area (Å²) in [6.45, 7) is 1.89. The maximum absolute atomic E-state index is 12.5. The van der Waals surface area contributed by atoms with Gasteiger partial charge in [-0.15, -0.1) is 0 Å². The van der Waals surface area contributed by atoms with Crippen LogP contribution in [0.4, 0.5) is 0 Å². The van der Waals surface area contributed by atoms with E-state index >= 15 is 0 Å². The van der Waals surface area contributed by atoms with Crippen LogP contribution in [0.15, 0.2) is 60.7 Å². The van der Waals surface area contributed by atoms with Crippen molar-refractivity contribution < 1.29 is 9.59 Å². The molecule has 2 N–H and O–H groups in total. The van der Waals surface area contributed by atoms with Crippen LogP contribution >= 0.6 is 0 Å². The van der Waals surface area contributed by atoms with E-state index in [-0.39, 0.29) is 17.7 Å². The van der Waals surface area contributed by atoms with Crippen molar-refractivity contribution in [2.24, 2.45) is 5.92 Å². The Bertz CT molecular complexity index is 923. The molecule has 1 saturated heterocycles. The number of likely N-dealkylation sites (tertiary alicyclic amines) is 1. The zero-order chi connectivity index (χ0) is 19.3. The molecule has 0 radical (unpaired) electrons. The topological polar surface area (TPSA) is 65.2 Å². The molecule has 0 aliphatic carbocycles. The second kappa shape index (κ2) is 8.30. The first-order chi connectivity index (χ1) is 13.7. The van der Waals surface area contributed by atoms with E-state index in [0.717, 1.165) is 30.5 Å². The van der Waals surface area contributed by atoms with Gasteiger partial charge in [-0.2, -0.15) is 0 Å². The van der Waals surface area contributed by atoms with Crippen molar-refractivity contribution >= 4 is 22.7 Å². The predicted octanol–water partition coefficient (Wildman–Crippen LogP) is 3.38. The Balaban J connectivity index is 1.23. The molecular weight excluding hydrogens is 350 g/mol. The lowest BCUT2D eigenvalue weighted by Crippen LogP contribution is -2.43. The summed E-state index contributed by atoms with van der Waals surface area (Å²) in [6.07, 6.45) is 2.22. The summed E-state index contributed by atoms with van der Waals surface area (Å²) in [5.41, 5.74) is 2.97. The SMILES string of the molecule is O=C(NCCc1cc2ccccc2[nH]1)C1CCN(C(=O)c2ccccc2)CC1. The molecule has 0 unspecified atom stereocenters. The third kappa shape index (κ3) is 4.09. The van der Waals surface area contributed by atoms with Crippen LogP contribution < -0.4 is 5.32 Å². The van der Waals surface area contributed by atoms with Crippen LogP contribution in [0.1, 0.15) is 28.9 Å². The summed E-state index contributed by atoms with van der Waals surface area (Å²) in [7, 11) is 0. The molecule has 2 amide bonds. The van der Waals surface area contributed by atoms with Gasteiger partial charge in [0.2, 0.25) is 5.91 Å². The highest BCUT2D eigenvalue weighted by molar-refractivity contribution is 5.94. The number of rotatable bonds is 5. The van der Waals surface area contributed by atoms with Gasteiger partial charge < -0.3 is 15.2 Å². The van der Waals surface area contributed by atoms with E-state index in [4.69, 9.17) is 0 Å². The number of aromatic amines is 1. The molecule has 5 heteroatoms. The number of hydrogen-bond donors (Lipinski definition) is 2. The average molecular weight is 375 g/mol. The second-order valence-electron chi connectivity index (χ2n) is 7.36. The largest absolute Gasteiger partial charge is 0.358 e. The molecule has 2 aromatic carbocycles. The highest BCUT2D eigenvalue weighted by atomic mass is 16.2. The van der Waals surface area contributed by atoms with Gasteiger partial charge in [0.1, 0.15) is 0 Å². The van der Waals surface area contributed by atoms with Gasteiger partial charge in [0.25, 0.3) is 5.91 Å². The van der Waals surface area contributed by atoms with E-state index in [0.29, 0.717) is 25.2 Å². The normalized spacial score (nSPS) is 14.9. The second-order valence-corrected chi connectivity index (χ2v) is 7.36. The monoisotopic (exact) mass is 375 g/mol. The van der Waals surface area contributed by atoms with Crippen LogP contribution in [0.5, 0.6) is 0 Å². The zero-order valence-corrected chi connectivity index (χ0v) is 15.9. The summed E-state index contributed by atoms with van der Waals surface area (Å²) < 4.78 is 0. The first-order valence-corrected chi connectivity index (χ1v) is 9.89. The van der Waals surface area contributed by atoms with Crippen molar-refractivity contribution in [2.45, 2.75) is 19.3 Å². The van der Waals surface area contributed by atoms with E-state index in [2.05, 4.69) is 28.5 Å². The van der Waals surface area contributed by atoms with Crippen molar-refractivity contribution in [3.05, 3.63) is 71.9 Å². The molecule has 3 aromatic rings. The van der Waals surface area contributed by atoms with Crippen LogP contribution in [0.25, 0.3) is 10.9 Å². The average Bonchev–Trinajstić information content (AvgIpc) is 3.16. The van der Waals surface area contributed by atoms with Gasteiger partial charge in [-0.3, -0.25) is 9.59 Å². The molecule has 1 aliphatic heterocycles. The quantitative estimate of drug-likeness (QED) is 0.718. The zero-order valence-electron chi connectivity index (χ0n) is 15.9. The lowest BCUT2D eigenvalue weighted by molar-refractivity contribution is -0.126. The number of nitrogens with one attached hydrogen (secondary N) is 2. The standard InChI is InChI=1S/C23H25N3O2/c27-22(24-13-10-20-16-19-8-4-5-9-21(19)25-20)17-11-14-26(15-12-17)23(28)18-6-2-1-3-7-18/h1-9,16-17,25H,10-15H2,(H,24,27). The van der Waals surface area contributed by atoms with E-state index in [1.807, 2.05) is 47.4 Å². The van der Waals surface area contributed by atoms with Gasteiger partial charge in [-0.05, 0) is 42.5 Å². The van der Waals surface area contributed by atoms with Crippen LogP contribution in [-0.2, 0) is 11.2 Å². The molecule has 0 bridgehead atoms. The van der Waals surface area contributed by atoms with Crippen molar-refractivity contribution in [3.8, 4) is 0 Å². The first-order valence-electron chi connectivity index (χ1n) is 9.89. The summed E-state index contributed by atoms with van der Waals surface area (Å²) in [5, 5.41) is 4.25. The van der Waals surface area contributed by atoms with Gasteiger partial charge in [0, 0.05) is 48.7 Å². The Labute approximate surface area is 164 Å². The molecular formula is C23H25N3O2. The third-order valence-electron chi connectivity index (χ3n) is 5.45. The van der Waals surface area contributed by atoms with Crippen LogP contribution in [-0.4, -0.2) is 41.3 Å². The fourth-order valence-corrected chi connectivity index (χ4v) is 3.84. The minimum absolute atomic E-state index is 0.0115. The number of hydrogen-bond acceptors (Lipinski definition) is 2. The van der Waals surface area contributed by atoms with Gasteiger partial charge in [-0.25, -0.2) is 0 Å². The Kier molecular flexibility index (Phi) is 5.42. The predicted molar refractivity (Wildman–Crippen MR) is 110 cm³/mol. The lowest BCUT2D eigenvalue weighted by Gasteiger charge is -2.31. The Morgan fingerprint density at radius 3 is 2.46 bits per heavy atom. The number of benzene rings is 2. The number of amides is 2. The number of carbonyl (C=O) groups is 2. The summed E-state index contributed by atoms with van der Waals surface area (Å²) in [4.78, 5) is 30.2. The minimum Gasteiger partial charge on any atom is -0.358 e. The molecule has 1 aliphatic rings. The van der Waals surface area contributed by atoms with E-state index in [9.17, 15) is 9.59 Å². The fraction of sp³-hybridized carbons (Fsp3) is 0.304. The molecule has 5 nitrogen and oxygen atoms in total. The van der Waals surface area contributed by atoms with Gasteiger partial charge in [0.15, 0.2) is 0 Å². The highest BCUT2D eigenvalue weighted by Gasteiger charge is 2.27. The molecule has 2 heterocycles. The molecule has 28 heavy (non-hydrogen) atoms. The van der Waals surface area contributed by atoms with Crippen molar-refractivity contribution in [2.75, 3.05) is 19.6 Å². The van der Waals surface area contributed by atoms with Crippen molar-refractivity contribution in [1.29, 1.82) is 0 Å². The van der Waals surface area contributed by atoms with E-state index in [1.165, 1.54) is 5.39 Å². The Morgan fingerprint density at radius 1 is 1.00 bits per heavy atom. The Hall–Kier alpha value is -3.08. The number of para-hydroxylation sites is 1. The lowest BCUT2D eigenvalue weighted by atomic mass is 9.95. The van der Waals surface area contributed by atoms with Crippen LogP contribution in [0, 0.1) is 5.92 Å². The van der Waals surface area contributed by atoms with Gasteiger partial charge in [0.05, 0.1) is 0 Å². The number of piperidine rings is 1. The van der Waals surface area contributed by atoms with Crippen molar-refractivity contribution in [3.63, 3.8) is 0 Å². The summed E-state index contributed by atoms with van der Waals surface area (Å²) in [5.74, 6) is 0.142. The molecule has 1 aromatic heterocycles. The molecule has 4 rings (SSSR count). The maximum atomic E-state index is 12.5. The molecule has 0 saturated carbocycles. The molecule has 144 valence electrons. The third-order valence-corrected chi connectivity index (χ3v) is 5.45. The summed E-state index contributed by atoms with van der Waals surface area (Å²) >= 11 is 0. The number of fused-ring (bicyclic) bond motifs is 1. The van der Waals surface area contributed by atoms with Crippen LogP contribution in [0.3, 0.4) is 0 Å².